The molecule has 0 saturated carbocycles. The van der Waals surface area contributed by atoms with Gasteiger partial charge in [-0.3, -0.25) is 0 Å². The van der Waals surface area contributed by atoms with Crippen LogP contribution >= 0.6 is 0 Å². The van der Waals surface area contributed by atoms with E-state index in [1.807, 2.05) is 6.07 Å². The van der Waals surface area contributed by atoms with Gasteiger partial charge in [0, 0.05) is 12.5 Å². The minimum absolute atomic E-state index is 0.345. The van der Waals surface area contributed by atoms with Crippen LogP contribution in [0.4, 0.5) is 0 Å². The van der Waals surface area contributed by atoms with Gasteiger partial charge >= 0.3 is 0 Å². The molecular formula is C14H21NO. The Morgan fingerprint density at radius 2 is 2.19 bits per heavy atom. The molecule has 1 aromatic carbocycles. The average Bonchev–Trinajstić information content (AvgIpc) is 2.69. The molecule has 0 aromatic heterocycles. The van der Waals surface area contributed by atoms with E-state index in [4.69, 9.17) is 10.5 Å². The van der Waals surface area contributed by atoms with Crippen molar-refractivity contribution in [2.24, 2.45) is 5.73 Å². The van der Waals surface area contributed by atoms with Crippen molar-refractivity contribution in [3.8, 4) is 5.75 Å². The van der Waals surface area contributed by atoms with Crippen LogP contribution in [0.15, 0.2) is 24.3 Å². The summed E-state index contributed by atoms with van der Waals surface area (Å²) < 4.78 is 5.88. The van der Waals surface area contributed by atoms with Gasteiger partial charge in [0.2, 0.25) is 0 Å². The number of nitrogens with two attached hydrogens (primary N) is 1. The number of hydrogen-bond acceptors (Lipinski definition) is 2. The maximum atomic E-state index is 6.01. The normalized spacial score (nSPS) is 20.2. The fourth-order valence-corrected chi connectivity index (χ4v) is 2.33. The molecule has 0 aliphatic carbocycles. The molecule has 2 rings (SSSR count). The Hall–Kier alpha value is -1.02. The van der Waals surface area contributed by atoms with Crippen LogP contribution in [0.3, 0.4) is 0 Å². The van der Waals surface area contributed by atoms with Crippen LogP contribution in [0.2, 0.25) is 0 Å². The van der Waals surface area contributed by atoms with Crippen molar-refractivity contribution in [1.82, 2.24) is 0 Å². The van der Waals surface area contributed by atoms with Gasteiger partial charge in [0.1, 0.15) is 11.9 Å². The fourth-order valence-electron chi connectivity index (χ4n) is 2.33. The molecule has 1 heterocycles. The highest BCUT2D eigenvalue weighted by Crippen LogP contribution is 2.30. The van der Waals surface area contributed by atoms with E-state index >= 15 is 0 Å². The van der Waals surface area contributed by atoms with E-state index in [0.717, 1.165) is 31.4 Å². The molecule has 1 aromatic rings. The van der Waals surface area contributed by atoms with Gasteiger partial charge < -0.3 is 10.5 Å². The maximum Gasteiger partial charge on any atom is 0.123 e. The molecule has 2 atom stereocenters. The summed E-state index contributed by atoms with van der Waals surface area (Å²) in [6.07, 6.45) is 5.85. The zero-order chi connectivity index (χ0) is 11.4. The van der Waals surface area contributed by atoms with Gasteiger partial charge in [-0.05, 0) is 30.9 Å². The first kappa shape index (κ1) is 11.5. The highest BCUT2D eigenvalue weighted by molar-refractivity contribution is 5.37. The van der Waals surface area contributed by atoms with Gasteiger partial charge in [0.25, 0.3) is 0 Å². The van der Waals surface area contributed by atoms with Crippen LogP contribution < -0.4 is 10.5 Å². The van der Waals surface area contributed by atoms with Crippen LogP contribution in [0.1, 0.15) is 38.2 Å². The summed E-state index contributed by atoms with van der Waals surface area (Å²) >= 11 is 0. The van der Waals surface area contributed by atoms with Crippen molar-refractivity contribution in [2.75, 3.05) is 0 Å². The van der Waals surface area contributed by atoms with Crippen LogP contribution in [0, 0.1) is 0 Å². The molecule has 2 N–H and O–H groups in total. The highest BCUT2D eigenvalue weighted by atomic mass is 16.5. The molecule has 2 nitrogen and oxygen atoms in total. The lowest BCUT2D eigenvalue weighted by atomic mass is 10.0. The van der Waals surface area contributed by atoms with E-state index in [1.165, 1.54) is 12.0 Å². The van der Waals surface area contributed by atoms with Crippen LogP contribution in [0.25, 0.3) is 0 Å². The number of ether oxygens (including phenoxy) is 1. The number of rotatable bonds is 5. The first-order valence-corrected chi connectivity index (χ1v) is 6.29. The molecule has 1 aliphatic rings. The van der Waals surface area contributed by atoms with E-state index in [9.17, 15) is 0 Å². The zero-order valence-electron chi connectivity index (χ0n) is 9.99. The predicted octanol–water partition coefficient (Wildman–Crippen LogP) is 2.90. The first-order chi connectivity index (χ1) is 7.79. The van der Waals surface area contributed by atoms with Gasteiger partial charge in [0.05, 0.1) is 0 Å². The molecule has 16 heavy (non-hydrogen) atoms. The van der Waals surface area contributed by atoms with E-state index in [-0.39, 0.29) is 0 Å². The third-order valence-corrected chi connectivity index (χ3v) is 3.23. The molecule has 0 amide bonds. The Kier molecular flexibility index (Phi) is 3.83. The number of benzene rings is 1. The Labute approximate surface area is 97.8 Å². The second-order valence-electron chi connectivity index (χ2n) is 4.68. The molecule has 2 heteroatoms. The number of hydrogen-bond donors (Lipinski definition) is 1. The third kappa shape index (κ3) is 2.76. The summed E-state index contributed by atoms with van der Waals surface area (Å²) in [6.45, 7) is 2.18. The molecule has 2 unspecified atom stereocenters. The minimum Gasteiger partial charge on any atom is -0.490 e. The van der Waals surface area contributed by atoms with Crippen molar-refractivity contribution in [1.29, 1.82) is 0 Å². The second-order valence-corrected chi connectivity index (χ2v) is 4.68. The van der Waals surface area contributed by atoms with E-state index in [1.54, 1.807) is 0 Å². The average molecular weight is 219 g/mol. The molecule has 1 aliphatic heterocycles. The van der Waals surface area contributed by atoms with Crippen molar-refractivity contribution in [2.45, 2.75) is 51.2 Å². The molecule has 0 bridgehead atoms. The number of fused-ring (bicyclic) bond motifs is 1. The predicted molar refractivity (Wildman–Crippen MR) is 66.7 cm³/mol. The van der Waals surface area contributed by atoms with Gasteiger partial charge in [-0.15, -0.1) is 0 Å². The van der Waals surface area contributed by atoms with Gasteiger partial charge in [0.15, 0.2) is 0 Å². The zero-order valence-corrected chi connectivity index (χ0v) is 9.99. The van der Waals surface area contributed by atoms with Crippen molar-refractivity contribution in [3.05, 3.63) is 29.8 Å². The fraction of sp³-hybridized carbons (Fsp3) is 0.571. The summed E-state index contributed by atoms with van der Waals surface area (Å²) in [5, 5.41) is 0. The van der Waals surface area contributed by atoms with Crippen LogP contribution in [0.5, 0.6) is 5.75 Å². The summed E-state index contributed by atoms with van der Waals surface area (Å²) in [5.74, 6) is 1.07. The van der Waals surface area contributed by atoms with Crippen molar-refractivity contribution < 1.29 is 4.74 Å². The maximum absolute atomic E-state index is 6.01. The Morgan fingerprint density at radius 1 is 1.38 bits per heavy atom. The van der Waals surface area contributed by atoms with E-state index < -0.39 is 0 Å². The summed E-state index contributed by atoms with van der Waals surface area (Å²) in [4.78, 5) is 0. The quantitative estimate of drug-likeness (QED) is 0.826. The van der Waals surface area contributed by atoms with Gasteiger partial charge in [-0.2, -0.15) is 0 Å². The molecular weight excluding hydrogens is 198 g/mol. The van der Waals surface area contributed by atoms with E-state index in [2.05, 4.69) is 25.1 Å². The lowest BCUT2D eigenvalue weighted by molar-refractivity contribution is 0.213. The third-order valence-electron chi connectivity index (χ3n) is 3.23. The topological polar surface area (TPSA) is 35.2 Å². The number of para-hydroxylation sites is 1. The van der Waals surface area contributed by atoms with Crippen LogP contribution in [-0.4, -0.2) is 12.1 Å². The minimum atomic E-state index is 0.345. The highest BCUT2D eigenvalue weighted by Gasteiger charge is 2.22. The summed E-state index contributed by atoms with van der Waals surface area (Å²) in [7, 11) is 0. The largest absolute Gasteiger partial charge is 0.490 e. The molecule has 0 saturated heterocycles. The van der Waals surface area contributed by atoms with Crippen LogP contribution in [-0.2, 0) is 6.42 Å². The van der Waals surface area contributed by atoms with E-state index in [0.29, 0.717) is 12.1 Å². The second kappa shape index (κ2) is 5.35. The summed E-state index contributed by atoms with van der Waals surface area (Å²) in [5.41, 5.74) is 7.36. The standard InChI is InChI=1S/C14H21NO/c1-2-5-12(15)8-9-13-10-11-6-3-4-7-14(11)16-13/h3-4,6-7,12-13H,2,5,8-10,15H2,1H3. The Balaban J connectivity index is 1.79. The van der Waals surface area contributed by atoms with Crippen molar-refractivity contribution in [3.63, 3.8) is 0 Å². The lowest BCUT2D eigenvalue weighted by Crippen LogP contribution is -2.23. The molecule has 0 radical (unpaired) electrons. The van der Waals surface area contributed by atoms with Crippen molar-refractivity contribution >= 4 is 0 Å². The monoisotopic (exact) mass is 219 g/mol. The molecule has 88 valence electrons. The first-order valence-electron chi connectivity index (χ1n) is 6.29. The molecule has 0 fully saturated rings. The Morgan fingerprint density at radius 3 is 2.94 bits per heavy atom. The molecule has 0 spiro atoms. The smallest absolute Gasteiger partial charge is 0.123 e. The van der Waals surface area contributed by atoms with Gasteiger partial charge in [-0.1, -0.05) is 31.5 Å². The summed E-state index contributed by atoms with van der Waals surface area (Å²) in [6, 6.07) is 8.66. The van der Waals surface area contributed by atoms with Gasteiger partial charge in [-0.25, -0.2) is 0 Å². The SMILES string of the molecule is CCCC(N)CCC1Cc2ccccc2O1. The Bertz CT molecular complexity index is 312. The lowest BCUT2D eigenvalue weighted by Gasteiger charge is -2.14.